The van der Waals surface area contributed by atoms with E-state index in [0.29, 0.717) is 5.39 Å². The molecule has 0 radical (unpaired) electrons. The molecule has 0 amide bonds. The van der Waals surface area contributed by atoms with Crippen molar-refractivity contribution in [3.63, 3.8) is 0 Å². The average molecular weight is 252 g/mol. The fraction of sp³-hybridized carbons (Fsp3) is 0.250. The van der Waals surface area contributed by atoms with Crippen LogP contribution in [-0.2, 0) is 0 Å². The van der Waals surface area contributed by atoms with E-state index in [2.05, 4.69) is 11.8 Å². The van der Waals surface area contributed by atoms with Gasteiger partial charge >= 0.3 is 0 Å². The summed E-state index contributed by atoms with van der Waals surface area (Å²) >= 11 is 2.68. The van der Waals surface area contributed by atoms with Crippen LogP contribution in [0.4, 0.5) is 4.39 Å². The third-order valence-electron chi connectivity index (χ3n) is 2.22. The van der Waals surface area contributed by atoms with E-state index < -0.39 is 0 Å². The molecule has 0 unspecified atom stereocenters. The molecule has 4 heteroatoms. The predicted octanol–water partition coefficient (Wildman–Crippen LogP) is 3.98. The van der Waals surface area contributed by atoms with E-state index in [-0.39, 0.29) is 16.5 Å². The standard InChI is InChI=1S/C12H9FOS2/c1-4-5-8-12-9(7(3)15-8)10(13)11(16-12)6(2)14/h1-3H3. The van der Waals surface area contributed by atoms with Gasteiger partial charge in [0.15, 0.2) is 11.6 Å². The van der Waals surface area contributed by atoms with Gasteiger partial charge in [-0.2, -0.15) is 0 Å². The first-order valence-electron chi connectivity index (χ1n) is 4.71. The largest absolute Gasteiger partial charge is 0.293 e. The first-order valence-corrected chi connectivity index (χ1v) is 6.34. The summed E-state index contributed by atoms with van der Waals surface area (Å²) in [6, 6.07) is 0. The second-order valence-electron chi connectivity index (χ2n) is 3.37. The number of hydrogen-bond acceptors (Lipinski definition) is 3. The third-order valence-corrected chi connectivity index (χ3v) is 4.65. The van der Waals surface area contributed by atoms with Crippen molar-refractivity contribution in [1.29, 1.82) is 0 Å². The van der Waals surface area contributed by atoms with Crippen molar-refractivity contribution in [2.24, 2.45) is 0 Å². The van der Waals surface area contributed by atoms with Crippen LogP contribution in [0.15, 0.2) is 0 Å². The average Bonchev–Trinajstić information content (AvgIpc) is 2.68. The van der Waals surface area contributed by atoms with Gasteiger partial charge in [0.1, 0.15) is 4.88 Å². The second-order valence-corrected chi connectivity index (χ2v) is 5.61. The number of Topliss-reactive ketones (excluding diaryl/α,β-unsaturated/α-hetero) is 1. The Labute approximate surface area is 101 Å². The number of ketones is 1. The zero-order valence-corrected chi connectivity index (χ0v) is 10.7. The predicted molar refractivity (Wildman–Crippen MR) is 67.0 cm³/mol. The van der Waals surface area contributed by atoms with Crippen molar-refractivity contribution >= 4 is 38.5 Å². The minimum Gasteiger partial charge on any atom is -0.293 e. The summed E-state index contributed by atoms with van der Waals surface area (Å²) in [4.78, 5) is 13.2. The molecule has 0 aliphatic heterocycles. The van der Waals surface area contributed by atoms with Crippen molar-refractivity contribution < 1.29 is 9.18 Å². The molecular formula is C12H9FOS2. The van der Waals surface area contributed by atoms with Gasteiger partial charge in [-0.25, -0.2) is 4.39 Å². The zero-order valence-electron chi connectivity index (χ0n) is 9.10. The first-order chi connectivity index (χ1) is 7.56. The van der Waals surface area contributed by atoms with E-state index >= 15 is 0 Å². The number of thiophene rings is 2. The van der Waals surface area contributed by atoms with Crippen molar-refractivity contribution in [1.82, 2.24) is 0 Å². The van der Waals surface area contributed by atoms with Gasteiger partial charge in [0.2, 0.25) is 0 Å². The fourth-order valence-corrected chi connectivity index (χ4v) is 3.85. The lowest BCUT2D eigenvalue weighted by Crippen LogP contribution is -1.90. The summed E-state index contributed by atoms with van der Waals surface area (Å²) in [5.74, 6) is 5.15. The number of carbonyl (C=O) groups excluding carboxylic acids is 1. The lowest BCUT2D eigenvalue weighted by Gasteiger charge is -1.88. The highest BCUT2D eigenvalue weighted by atomic mass is 32.1. The Morgan fingerprint density at radius 1 is 1.38 bits per heavy atom. The molecule has 2 rings (SSSR count). The number of fused-ring (bicyclic) bond motifs is 1. The lowest BCUT2D eigenvalue weighted by atomic mass is 10.2. The van der Waals surface area contributed by atoms with Crippen molar-refractivity contribution in [2.45, 2.75) is 20.8 Å². The molecule has 1 nitrogen and oxygen atoms in total. The molecule has 0 saturated heterocycles. The van der Waals surface area contributed by atoms with E-state index in [1.165, 1.54) is 29.6 Å². The maximum atomic E-state index is 13.9. The molecule has 0 fully saturated rings. The van der Waals surface area contributed by atoms with Gasteiger partial charge in [0.05, 0.1) is 9.58 Å². The summed E-state index contributed by atoms with van der Waals surface area (Å²) in [5.41, 5.74) is 0. The van der Waals surface area contributed by atoms with Crippen LogP contribution in [0.2, 0.25) is 0 Å². The Kier molecular flexibility index (Phi) is 2.83. The van der Waals surface area contributed by atoms with Crippen molar-refractivity contribution in [3.8, 4) is 11.8 Å². The maximum Gasteiger partial charge on any atom is 0.172 e. The van der Waals surface area contributed by atoms with Crippen molar-refractivity contribution in [2.75, 3.05) is 0 Å². The SMILES string of the molecule is CC#Cc1sc(C)c2c(F)c(C(C)=O)sc12. The molecule has 0 N–H and O–H groups in total. The quantitative estimate of drug-likeness (QED) is 0.554. The van der Waals surface area contributed by atoms with Gasteiger partial charge in [-0.3, -0.25) is 4.79 Å². The van der Waals surface area contributed by atoms with Gasteiger partial charge in [-0.1, -0.05) is 5.92 Å². The summed E-state index contributed by atoms with van der Waals surface area (Å²) in [6.45, 7) is 4.99. The number of carbonyl (C=O) groups is 1. The molecule has 82 valence electrons. The number of aryl methyl sites for hydroxylation is 1. The molecule has 2 aromatic heterocycles. The highest BCUT2D eigenvalue weighted by Crippen LogP contribution is 2.39. The normalized spacial score (nSPS) is 10.2. The second kappa shape index (κ2) is 4.00. The smallest absolute Gasteiger partial charge is 0.172 e. The highest BCUT2D eigenvalue weighted by molar-refractivity contribution is 7.26. The molecule has 2 heterocycles. The molecule has 0 aliphatic rings. The van der Waals surface area contributed by atoms with Crippen molar-refractivity contribution in [3.05, 3.63) is 20.4 Å². The summed E-state index contributed by atoms with van der Waals surface area (Å²) in [6.07, 6.45) is 0. The lowest BCUT2D eigenvalue weighted by molar-refractivity contribution is 0.101. The topological polar surface area (TPSA) is 17.1 Å². The first kappa shape index (κ1) is 11.3. The molecule has 0 aliphatic carbocycles. The monoisotopic (exact) mass is 252 g/mol. The fourth-order valence-electron chi connectivity index (χ4n) is 1.56. The summed E-state index contributed by atoms with van der Waals surface area (Å²) < 4.78 is 14.7. The molecule has 16 heavy (non-hydrogen) atoms. The Morgan fingerprint density at radius 2 is 2.06 bits per heavy atom. The van der Waals surface area contributed by atoms with Crippen LogP contribution in [0.5, 0.6) is 0 Å². The minimum absolute atomic E-state index is 0.208. The van der Waals surface area contributed by atoms with Gasteiger partial charge in [0, 0.05) is 17.2 Å². The number of rotatable bonds is 1. The molecule has 2 aromatic rings. The highest BCUT2D eigenvalue weighted by Gasteiger charge is 2.21. The maximum absolute atomic E-state index is 13.9. The molecular weight excluding hydrogens is 243 g/mol. The third kappa shape index (κ3) is 1.57. The van der Waals surface area contributed by atoms with Crippen LogP contribution in [0.3, 0.4) is 0 Å². The van der Waals surface area contributed by atoms with Gasteiger partial charge in [-0.15, -0.1) is 28.6 Å². The van der Waals surface area contributed by atoms with E-state index in [4.69, 9.17) is 0 Å². The van der Waals surface area contributed by atoms with Crippen LogP contribution in [0, 0.1) is 24.6 Å². The summed E-state index contributed by atoms with van der Waals surface area (Å²) in [5, 5.41) is 0.568. The Balaban J connectivity index is 2.84. The Morgan fingerprint density at radius 3 is 2.62 bits per heavy atom. The Hall–Kier alpha value is -1.18. The molecule has 0 saturated carbocycles. The molecule has 0 spiro atoms. The van der Waals surface area contributed by atoms with E-state index in [0.717, 1.165) is 14.5 Å². The van der Waals surface area contributed by atoms with Crippen LogP contribution in [0.1, 0.15) is 33.3 Å². The zero-order chi connectivity index (χ0) is 11.9. The van der Waals surface area contributed by atoms with Crippen LogP contribution in [0.25, 0.3) is 10.1 Å². The van der Waals surface area contributed by atoms with Gasteiger partial charge < -0.3 is 0 Å². The van der Waals surface area contributed by atoms with E-state index in [1.54, 1.807) is 6.92 Å². The number of hydrogen-bond donors (Lipinski definition) is 0. The minimum atomic E-state index is -0.384. The van der Waals surface area contributed by atoms with E-state index in [9.17, 15) is 9.18 Å². The van der Waals surface area contributed by atoms with Gasteiger partial charge in [0.25, 0.3) is 0 Å². The molecule has 0 aromatic carbocycles. The molecule has 0 atom stereocenters. The van der Waals surface area contributed by atoms with Gasteiger partial charge in [-0.05, 0) is 13.8 Å². The molecule has 0 bridgehead atoms. The van der Waals surface area contributed by atoms with Crippen LogP contribution < -0.4 is 0 Å². The van der Waals surface area contributed by atoms with Crippen LogP contribution >= 0.6 is 22.7 Å². The number of halogens is 1. The Bertz CT molecular complexity index is 637. The van der Waals surface area contributed by atoms with Crippen LogP contribution in [-0.4, -0.2) is 5.78 Å². The summed E-state index contributed by atoms with van der Waals surface area (Å²) in [7, 11) is 0. The van der Waals surface area contributed by atoms with E-state index in [1.807, 2.05) is 6.92 Å².